The molecule has 2 atom stereocenters. The van der Waals surface area contributed by atoms with Gasteiger partial charge in [0.05, 0.1) is 12.2 Å². The fraction of sp³-hybridized carbons (Fsp3) is 0.467. The highest BCUT2D eigenvalue weighted by Gasteiger charge is 2.23. The summed E-state index contributed by atoms with van der Waals surface area (Å²) in [5.74, 6) is -1.92. The Balaban J connectivity index is 2.65. The predicted molar refractivity (Wildman–Crippen MR) is 80.6 cm³/mol. The van der Waals surface area contributed by atoms with Gasteiger partial charge in [-0.2, -0.15) is 8.78 Å². The monoisotopic (exact) mass is 330 g/mol. The molecule has 1 aromatic carbocycles. The van der Waals surface area contributed by atoms with Crippen molar-refractivity contribution < 1.29 is 28.2 Å². The molecule has 0 aliphatic carbocycles. The first kappa shape index (κ1) is 18.8. The molecular formula is C15H20F2N2O4. The van der Waals surface area contributed by atoms with Crippen LogP contribution in [0, 0.1) is 5.92 Å². The second-order valence-corrected chi connectivity index (χ2v) is 5.01. The fourth-order valence-electron chi connectivity index (χ4n) is 1.93. The molecule has 128 valence electrons. The largest absolute Gasteiger partial charge is 0.480 e. The molecule has 0 unspecified atom stereocenters. The number of carbonyl (C=O) groups excluding carboxylic acids is 1. The average molecular weight is 330 g/mol. The number of carboxylic acids is 1. The van der Waals surface area contributed by atoms with Crippen LogP contribution in [0.1, 0.15) is 20.3 Å². The van der Waals surface area contributed by atoms with Crippen molar-refractivity contribution in [1.82, 2.24) is 5.32 Å². The molecule has 3 N–H and O–H groups in total. The molecule has 1 aromatic rings. The molecule has 0 spiro atoms. The van der Waals surface area contributed by atoms with E-state index in [2.05, 4.69) is 15.4 Å². The smallest absolute Gasteiger partial charge is 0.387 e. The van der Waals surface area contributed by atoms with Crippen molar-refractivity contribution >= 4 is 17.6 Å². The van der Waals surface area contributed by atoms with Gasteiger partial charge in [-0.05, 0) is 18.1 Å². The number of aliphatic carboxylic acids is 1. The number of nitrogens with one attached hydrogen (secondary N) is 2. The Morgan fingerprint density at radius 1 is 1.30 bits per heavy atom. The van der Waals surface area contributed by atoms with Crippen molar-refractivity contribution in [3.05, 3.63) is 24.3 Å². The Bertz CT molecular complexity index is 540. The summed E-state index contributed by atoms with van der Waals surface area (Å²) in [5.41, 5.74) is 0.0926. The predicted octanol–water partition coefficient (Wildman–Crippen LogP) is 2.32. The van der Waals surface area contributed by atoms with Crippen molar-refractivity contribution in [2.24, 2.45) is 5.92 Å². The maximum Gasteiger partial charge on any atom is 0.387 e. The lowest BCUT2D eigenvalue weighted by atomic mass is 9.99. The first-order valence-electron chi connectivity index (χ1n) is 7.15. The molecule has 0 aliphatic heterocycles. The summed E-state index contributed by atoms with van der Waals surface area (Å²) in [6.45, 7) is 0.341. The first-order chi connectivity index (χ1) is 10.8. The zero-order chi connectivity index (χ0) is 17.4. The summed E-state index contributed by atoms with van der Waals surface area (Å²) < 4.78 is 28.9. The van der Waals surface area contributed by atoms with Crippen molar-refractivity contribution in [3.8, 4) is 5.75 Å². The number of amides is 1. The van der Waals surface area contributed by atoms with E-state index in [1.165, 1.54) is 18.2 Å². The molecule has 0 aliphatic rings. The van der Waals surface area contributed by atoms with Crippen LogP contribution in [0.4, 0.5) is 14.5 Å². The summed E-state index contributed by atoms with van der Waals surface area (Å²) in [7, 11) is 0. The van der Waals surface area contributed by atoms with Gasteiger partial charge >= 0.3 is 12.6 Å². The Kier molecular flexibility index (Phi) is 7.40. The van der Waals surface area contributed by atoms with E-state index in [-0.39, 0.29) is 23.9 Å². The number of para-hydroxylation sites is 2. The Morgan fingerprint density at radius 3 is 2.52 bits per heavy atom. The van der Waals surface area contributed by atoms with Gasteiger partial charge in [0.2, 0.25) is 5.91 Å². The molecule has 1 rings (SSSR count). The van der Waals surface area contributed by atoms with E-state index in [1.807, 2.05) is 6.92 Å². The second kappa shape index (κ2) is 9.04. The van der Waals surface area contributed by atoms with E-state index in [4.69, 9.17) is 5.11 Å². The Hall–Kier alpha value is -2.22. The number of benzene rings is 1. The molecule has 1 amide bonds. The van der Waals surface area contributed by atoms with Gasteiger partial charge in [-0.25, -0.2) is 0 Å². The van der Waals surface area contributed by atoms with Gasteiger partial charge in [0.1, 0.15) is 11.8 Å². The summed E-state index contributed by atoms with van der Waals surface area (Å²) in [4.78, 5) is 23.0. The number of anilines is 1. The zero-order valence-electron chi connectivity index (χ0n) is 12.9. The maximum atomic E-state index is 12.3. The topological polar surface area (TPSA) is 87.7 Å². The lowest BCUT2D eigenvalue weighted by molar-refractivity contribution is -0.140. The van der Waals surface area contributed by atoms with Gasteiger partial charge in [0.25, 0.3) is 0 Å². The van der Waals surface area contributed by atoms with Crippen molar-refractivity contribution in [2.75, 3.05) is 11.9 Å². The SMILES string of the molecule is CC[C@H](C)[C@H](NCC(=O)Nc1ccccc1OC(F)F)C(=O)O. The molecule has 0 saturated carbocycles. The van der Waals surface area contributed by atoms with Crippen LogP contribution in [0.3, 0.4) is 0 Å². The lowest BCUT2D eigenvalue weighted by Crippen LogP contribution is -2.45. The van der Waals surface area contributed by atoms with Gasteiger partial charge in [-0.3, -0.25) is 14.9 Å². The van der Waals surface area contributed by atoms with Gasteiger partial charge < -0.3 is 15.2 Å². The van der Waals surface area contributed by atoms with Crippen LogP contribution in [0.2, 0.25) is 0 Å². The van der Waals surface area contributed by atoms with Crippen LogP contribution in [-0.4, -0.2) is 36.2 Å². The maximum absolute atomic E-state index is 12.3. The van der Waals surface area contributed by atoms with Crippen LogP contribution in [0.25, 0.3) is 0 Å². The minimum atomic E-state index is -3.01. The molecule has 6 nitrogen and oxygen atoms in total. The number of hydrogen-bond acceptors (Lipinski definition) is 4. The van der Waals surface area contributed by atoms with E-state index in [0.717, 1.165) is 0 Å². The third-order valence-electron chi connectivity index (χ3n) is 3.34. The molecule has 0 fully saturated rings. The van der Waals surface area contributed by atoms with Crippen LogP contribution in [-0.2, 0) is 9.59 Å². The number of halogens is 2. The van der Waals surface area contributed by atoms with Crippen LogP contribution >= 0.6 is 0 Å². The highest BCUT2D eigenvalue weighted by molar-refractivity contribution is 5.94. The molecule has 0 radical (unpaired) electrons. The van der Waals surface area contributed by atoms with Gasteiger partial charge in [0, 0.05) is 0 Å². The van der Waals surface area contributed by atoms with Gasteiger partial charge in [-0.15, -0.1) is 0 Å². The molecule has 0 aromatic heterocycles. The number of hydrogen-bond donors (Lipinski definition) is 3. The molecule has 23 heavy (non-hydrogen) atoms. The van der Waals surface area contributed by atoms with Gasteiger partial charge in [0.15, 0.2) is 0 Å². The van der Waals surface area contributed by atoms with E-state index >= 15 is 0 Å². The molecule has 8 heteroatoms. The molecule has 0 saturated heterocycles. The van der Waals surface area contributed by atoms with Crippen LogP contribution < -0.4 is 15.4 Å². The number of alkyl halides is 2. The third-order valence-corrected chi connectivity index (χ3v) is 3.34. The highest BCUT2D eigenvalue weighted by atomic mass is 19.3. The average Bonchev–Trinajstić information content (AvgIpc) is 2.48. The first-order valence-corrected chi connectivity index (χ1v) is 7.15. The van der Waals surface area contributed by atoms with E-state index < -0.39 is 24.5 Å². The van der Waals surface area contributed by atoms with Gasteiger partial charge in [-0.1, -0.05) is 32.4 Å². The van der Waals surface area contributed by atoms with Crippen molar-refractivity contribution in [1.29, 1.82) is 0 Å². The summed E-state index contributed by atoms with van der Waals surface area (Å²) in [6, 6.07) is 4.90. The number of ether oxygens (including phenoxy) is 1. The Labute approximate surface area is 132 Å². The molecule has 0 heterocycles. The number of rotatable bonds is 9. The van der Waals surface area contributed by atoms with E-state index in [9.17, 15) is 18.4 Å². The summed E-state index contributed by atoms with van der Waals surface area (Å²) >= 11 is 0. The van der Waals surface area contributed by atoms with Crippen molar-refractivity contribution in [2.45, 2.75) is 32.9 Å². The normalized spacial score (nSPS) is 13.4. The lowest BCUT2D eigenvalue weighted by Gasteiger charge is -2.20. The molecular weight excluding hydrogens is 310 g/mol. The standard InChI is InChI=1S/C15H20F2N2O4/c1-3-9(2)13(14(21)22)18-8-12(20)19-10-6-4-5-7-11(10)23-15(16)17/h4-7,9,13,15,18H,3,8H2,1-2H3,(H,19,20)(H,21,22)/t9-,13-/m0/s1. The van der Waals surface area contributed by atoms with E-state index in [1.54, 1.807) is 13.0 Å². The number of carboxylic acid groups (broad SMARTS) is 1. The second-order valence-electron chi connectivity index (χ2n) is 5.01. The number of carbonyl (C=O) groups is 2. The zero-order valence-corrected chi connectivity index (χ0v) is 12.9. The van der Waals surface area contributed by atoms with Crippen LogP contribution in [0.15, 0.2) is 24.3 Å². The summed E-state index contributed by atoms with van der Waals surface area (Å²) in [5, 5.41) is 14.2. The quantitative estimate of drug-likeness (QED) is 0.647. The summed E-state index contributed by atoms with van der Waals surface area (Å²) in [6.07, 6.45) is 0.636. The third kappa shape index (κ3) is 6.19. The highest BCUT2D eigenvalue weighted by Crippen LogP contribution is 2.25. The van der Waals surface area contributed by atoms with Crippen molar-refractivity contribution in [3.63, 3.8) is 0 Å². The Morgan fingerprint density at radius 2 is 1.96 bits per heavy atom. The van der Waals surface area contributed by atoms with E-state index in [0.29, 0.717) is 6.42 Å². The minimum Gasteiger partial charge on any atom is -0.480 e. The van der Waals surface area contributed by atoms with Crippen LogP contribution in [0.5, 0.6) is 5.75 Å². The fourth-order valence-corrected chi connectivity index (χ4v) is 1.93. The minimum absolute atomic E-state index is 0.0926. The molecule has 0 bridgehead atoms.